The van der Waals surface area contributed by atoms with Gasteiger partial charge in [0, 0.05) is 0 Å². The first kappa shape index (κ1) is 11.7. The molecule has 2 aromatic rings. The van der Waals surface area contributed by atoms with Crippen molar-refractivity contribution in [3.05, 3.63) is 60.2 Å². The summed E-state index contributed by atoms with van der Waals surface area (Å²) in [6, 6.07) is 10.7. The summed E-state index contributed by atoms with van der Waals surface area (Å²) in [6.45, 7) is 12.3. The van der Waals surface area contributed by atoms with E-state index in [1.165, 1.54) is 27.5 Å². The van der Waals surface area contributed by atoms with Crippen LogP contribution in [0.25, 0.3) is 22.9 Å². The first-order valence-electron chi connectivity index (χ1n) is 5.99. The van der Waals surface area contributed by atoms with Crippen molar-refractivity contribution in [2.24, 2.45) is 0 Å². The Kier molecular flexibility index (Phi) is 3.14. The lowest BCUT2D eigenvalue weighted by atomic mass is 9.90. The normalized spacial score (nSPS) is 10.8. The van der Waals surface area contributed by atoms with Gasteiger partial charge in [-0.3, -0.25) is 0 Å². The Hall–Kier alpha value is -1.82. The van der Waals surface area contributed by atoms with E-state index in [1.54, 1.807) is 0 Å². The average molecular weight is 222 g/mol. The Bertz CT molecular complexity index is 574. The minimum atomic E-state index is 0.512. The van der Waals surface area contributed by atoms with Crippen LogP contribution in [-0.2, 0) is 0 Å². The zero-order valence-electron chi connectivity index (χ0n) is 10.5. The van der Waals surface area contributed by atoms with Crippen molar-refractivity contribution in [3.63, 3.8) is 0 Å². The third-order valence-corrected chi connectivity index (χ3v) is 3.20. The smallest absolute Gasteiger partial charge is 0.0103 e. The molecule has 0 heteroatoms. The Morgan fingerprint density at radius 2 is 1.65 bits per heavy atom. The van der Waals surface area contributed by atoms with E-state index in [4.69, 9.17) is 0 Å². The zero-order chi connectivity index (χ0) is 12.4. The van der Waals surface area contributed by atoms with Crippen molar-refractivity contribution >= 4 is 22.9 Å². The van der Waals surface area contributed by atoms with Gasteiger partial charge in [-0.05, 0) is 33.4 Å². The van der Waals surface area contributed by atoms with Crippen LogP contribution in [0.2, 0.25) is 0 Å². The molecule has 0 saturated carbocycles. The molecule has 2 aromatic carbocycles. The average Bonchev–Trinajstić information content (AvgIpc) is 2.36. The van der Waals surface area contributed by atoms with E-state index in [0.29, 0.717) is 5.92 Å². The Balaban J connectivity index is 2.94. The molecule has 0 radical (unpaired) electrons. The molecule has 0 heterocycles. The van der Waals surface area contributed by atoms with E-state index >= 15 is 0 Å². The number of fused-ring (bicyclic) bond motifs is 1. The highest BCUT2D eigenvalue weighted by atomic mass is 14.1. The van der Waals surface area contributed by atoms with Gasteiger partial charge in [0.2, 0.25) is 0 Å². The minimum Gasteiger partial charge on any atom is -0.0984 e. The lowest BCUT2D eigenvalue weighted by Crippen LogP contribution is -1.94. The Morgan fingerprint density at radius 1 is 1.00 bits per heavy atom. The second kappa shape index (κ2) is 4.58. The van der Waals surface area contributed by atoms with Gasteiger partial charge in [0.1, 0.15) is 0 Å². The number of hydrogen-bond acceptors (Lipinski definition) is 0. The first-order valence-corrected chi connectivity index (χ1v) is 5.99. The highest BCUT2D eigenvalue weighted by molar-refractivity contribution is 5.96. The molecule has 0 atom stereocenters. The maximum Gasteiger partial charge on any atom is -0.0103 e. The van der Waals surface area contributed by atoms with Crippen LogP contribution in [0, 0.1) is 0 Å². The standard InChI is InChI=1S/C17H18/c1-5-13-11-17(12(3)4)16-10-8-7-9-15(16)14(13)6-2/h5-12H,1-2H2,3-4H3. The number of benzene rings is 2. The first-order chi connectivity index (χ1) is 8.19. The molecule has 0 N–H and O–H groups in total. The Morgan fingerprint density at radius 3 is 2.18 bits per heavy atom. The van der Waals surface area contributed by atoms with Crippen LogP contribution in [0.5, 0.6) is 0 Å². The monoisotopic (exact) mass is 222 g/mol. The summed E-state index contributed by atoms with van der Waals surface area (Å²) < 4.78 is 0. The van der Waals surface area contributed by atoms with Gasteiger partial charge in [0.25, 0.3) is 0 Å². The van der Waals surface area contributed by atoms with Crippen LogP contribution in [0.4, 0.5) is 0 Å². The van der Waals surface area contributed by atoms with Crippen molar-refractivity contribution in [3.8, 4) is 0 Å². The molecule has 17 heavy (non-hydrogen) atoms. The summed E-state index contributed by atoms with van der Waals surface area (Å²) in [6.07, 6.45) is 3.83. The van der Waals surface area contributed by atoms with Gasteiger partial charge in [-0.1, -0.05) is 69.5 Å². The molecule has 0 nitrogen and oxygen atoms in total. The molecule has 0 aliphatic heterocycles. The van der Waals surface area contributed by atoms with Gasteiger partial charge in [-0.25, -0.2) is 0 Å². The minimum absolute atomic E-state index is 0.512. The molecule has 0 aliphatic rings. The molecule has 86 valence electrons. The van der Waals surface area contributed by atoms with Gasteiger partial charge >= 0.3 is 0 Å². The van der Waals surface area contributed by atoms with E-state index in [2.05, 4.69) is 57.3 Å². The van der Waals surface area contributed by atoms with Crippen LogP contribution in [-0.4, -0.2) is 0 Å². The second-order valence-electron chi connectivity index (χ2n) is 4.58. The maximum absolute atomic E-state index is 3.92. The van der Waals surface area contributed by atoms with Crippen molar-refractivity contribution in [2.75, 3.05) is 0 Å². The predicted molar refractivity (Wildman–Crippen MR) is 78.2 cm³/mol. The van der Waals surface area contributed by atoms with Gasteiger partial charge in [0.15, 0.2) is 0 Å². The number of rotatable bonds is 3. The molecule has 0 bridgehead atoms. The summed E-state index contributed by atoms with van der Waals surface area (Å²) >= 11 is 0. The highest BCUT2D eigenvalue weighted by Gasteiger charge is 2.10. The molecule has 0 spiro atoms. The van der Waals surface area contributed by atoms with E-state index in [1.807, 2.05) is 12.2 Å². The predicted octanol–water partition coefficient (Wildman–Crippen LogP) is 5.25. The molecule has 0 fully saturated rings. The molecule has 0 aromatic heterocycles. The SMILES string of the molecule is C=Cc1cc(C(C)C)c2ccccc2c1C=C. The third-order valence-electron chi connectivity index (χ3n) is 3.20. The van der Waals surface area contributed by atoms with Crippen molar-refractivity contribution in [1.82, 2.24) is 0 Å². The molecular formula is C17H18. The second-order valence-corrected chi connectivity index (χ2v) is 4.58. The lowest BCUT2D eigenvalue weighted by molar-refractivity contribution is 0.876. The largest absolute Gasteiger partial charge is 0.0984 e. The summed E-state index contributed by atoms with van der Waals surface area (Å²) in [4.78, 5) is 0. The van der Waals surface area contributed by atoms with Crippen molar-refractivity contribution in [2.45, 2.75) is 19.8 Å². The third kappa shape index (κ3) is 1.91. The van der Waals surface area contributed by atoms with E-state index in [0.717, 1.165) is 0 Å². The van der Waals surface area contributed by atoms with Crippen LogP contribution in [0.1, 0.15) is 36.5 Å². The van der Waals surface area contributed by atoms with E-state index in [9.17, 15) is 0 Å². The van der Waals surface area contributed by atoms with Crippen LogP contribution in [0.3, 0.4) is 0 Å². The highest BCUT2D eigenvalue weighted by Crippen LogP contribution is 2.31. The lowest BCUT2D eigenvalue weighted by Gasteiger charge is -2.15. The topological polar surface area (TPSA) is 0 Å². The maximum atomic E-state index is 3.92. The van der Waals surface area contributed by atoms with Crippen LogP contribution in [0.15, 0.2) is 43.5 Å². The fraction of sp³-hybridized carbons (Fsp3) is 0.176. The van der Waals surface area contributed by atoms with E-state index in [-0.39, 0.29) is 0 Å². The van der Waals surface area contributed by atoms with Gasteiger partial charge in [-0.2, -0.15) is 0 Å². The van der Waals surface area contributed by atoms with Gasteiger partial charge < -0.3 is 0 Å². The Labute approximate surface area is 103 Å². The van der Waals surface area contributed by atoms with Gasteiger partial charge in [0.05, 0.1) is 0 Å². The van der Waals surface area contributed by atoms with Crippen LogP contribution >= 0.6 is 0 Å². The molecule has 0 unspecified atom stereocenters. The van der Waals surface area contributed by atoms with Gasteiger partial charge in [-0.15, -0.1) is 0 Å². The van der Waals surface area contributed by atoms with Crippen molar-refractivity contribution in [1.29, 1.82) is 0 Å². The molecular weight excluding hydrogens is 204 g/mol. The van der Waals surface area contributed by atoms with Crippen molar-refractivity contribution < 1.29 is 0 Å². The van der Waals surface area contributed by atoms with Crippen LogP contribution < -0.4 is 0 Å². The quantitative estimate of drug-likeness (QED) is 0.665. The molecule has 0 saturated heterocycles. The molecule has 2 rings (SSSR count). The fourth-order valence-electron chi connectivity index (χ4n) is 2.32. The summed E-state index contributed by atoms with van der Waals surface area (Å²) in [7, 11) is 0. The molecule has 0 amide bonds. The summed E-state index contributed by atoms with van der Waals surface area (Å²) in [5.41, 5.74) is 3.73. The zero-order valence-corrected chi connectivity index (χ0v) is 10.5. The molecule has 0 aliphatic carbocycles. The fourth-order valence-corrected chi connectivity index (χ4v) is 2.32. The summed E-state index contributed by atoms with van der Waals surface area (Å²) in [5.74, 6) is 0.512. The number of hydrogen-bond donors (Lipinski definition) is 0. The van der Waals surface area contributed by atoms with E-state index < -0.39 is 0 Å². The summed E-state index contributed by atoms with van der Waals surface area (Å²) in [5, 5.41) is 2.59.